The van der Waals surface area contributed by atoms with Gasteiger partial charge in [-0.2, -0.15) is 5.10 Å². The van der Waals surface area contributed by atoms with Crippen molar-refractivity contribution in [2.45, 2.75) is 0 Å². The highest BCUT2D eigenvalue weighted by atomic mass is 35.5. The maximum absolute atomic E-state index is 12.5. The third kappa shape index (κ3) is 5.35. The molecular weight excluding hydrogens is 433 g/mol. The zero-order valence-corrected chi connectivity index (χ0v) is 17.1. The summed E-state index contributed by atoms with van der Waals surface area (Å²) >= 11 is 18.0. The molecule has 0 atom stereocenters. The number of halogens is 3. The third-order valence-corrected chi connectivity index (χ3v) is 4.76. The Hall–Kier alpha value is -2.86. The van der Waals surface area contributed by atoms with Crippen LogP contribution < -0.4 is 10.7 Å². The number of benzene rings is 3. The van der Waals surface area contributed by atoms with Crippen LogP contribution in [-0.4, -0.2) is 18.0 Å². The number of carbonyl (C=O) groups is 2. The van der Waals surface area contributed by atoms with Crippen molar-refractivity contribution >= 4 is 58.5 Å². The van der Waals surface area contributed by atoms with Crippen LogP contribution >= 0.6 is 34.8 Å². The van der Waals surface area contributed by atoms with Gasteiger partial charge in [-0.1, -0.05) is 65.1 Å². The number of nitrogens with one attached hydrogen (secondary N) is 2. The second-order valence-electron chi connectivity index (χ2n) is 5.84. The molecule has 0 aromatic heterocycles. The van der Waals surface area contributed by atoms with Crippen LogP contribution in [0.5, 0.6) is 0 Å². The van der Waals surface area contributed by atoms with E-state index in [0.717, 1.165) is 0 Å². The lowest BCUT2D eigenvalue weighted by molar-refractivity contribution is 0.0956. The fourth-order valence-electron chi connectivity index (χ4n) is 2.45. The van der Waals surface area contributed by atoms with E-state index >= 15 is 0 Å². The van der Waals surface area contributed by atoms with Gasteiger partial charge in [-0.05, 0) is 36.4 Å². The minimum Gasteiger partial charge on any atom is -0.321 e. The highest BCUT2D eigenvalue weighted by molar-refractivity contribution is 6.36. The fraction of sp³-hybridized carbons (Fsp3) is 0. The van der Waals surface area contributed by atoms with Crippen LogP contribution in [0.15, 0.2) is 71.8 Å². The van der Waals surface area contributed by atoms with Crippen molar-refractivity contribution < 1.29 is 9.59 Å². The number of carbonyl (C=O) groups excluding carboxylic acids is 2. The first kappa shape index (κ1) is 20.9. The molecule has 0 radical (unpaired) electrons. The van der Waals surface area contributed by atoms with Gasteiger partial charge in [0.05, 0.1) is 33.1 Å². The highest BCUT2D eigenvalue weighted by Gasteiger charge is 2.15. The summed E-state index contributed by atoms with van der Waals surface area (Å²) in [7, 11) is 0. The molecule has 3 aromatic carbocycles. The molecule has 29 heavy (non-hydrogen) atoms. The van der Waals surface area contributed by atoms with Gasteiger partial charge < -0.3 is 5.32 Å². The smallest absolute Gasteiger partial charge is 0.273 e. The van der Waals surface area contributed by atoms with Gasteiger partial charge in [-0.3, -0.25) is 9.59 Å². The van der Waals surface area contributed by atoms with E-state index in [1.54, 1.807) is 66.7 Å². The number of nitrogens with zero attached hydrogens (tertiary/aromatic N) is 1. The third-order valence-electron chi connectivity index (χ3n) is 3.87. The number of para-hydroxylation sites is 1. The maximum atomic E-state index is 12.5. The highest BCUT2D eigenvalue weighted by Crippen LogP contribution is 2.21. The van der Waals surface area contributed by atoms with Crippen molar-refractivity contribution in [3.63, 3.8) is 0 Å². The number of anilines is 1. The van der Waals surface area contributed by atoms with E-state index in [1.807, 2.05) is 0 Å². The summed E-state index contributed by atoms with van der Waals surface area (Å²) in [5.74, 6) is -0.923. The molecule has 5 nitrogen and oxygen atoms in total. The summed E-state index contributed by atoms with van der Waals surface area (Å²) in [4.78, 5) is 25.0. The molecule has 0 saturated heterocycles. The first-order valence-electron chi connectivity index (χ1n) is 8.39. The Balaban J connectivity index is 1.74. The quantitative estimate of drug-likeness (QED) is 0.392. The van der Waals surface area contributed by atoms with Crippen molar-refractivity contribution in [1.82, 2.24) is 5.43 Å². The van der Waals surface area contributed by atoms with Gasteiger partial charge in [0.15, 0.2) is 0 Å². The van der Waals surface area contributed by atoms with E-state index in [2.05, 4.69) is 15.8 Å². The largest absolute Gasteiger partial charge is 0.321 e. The number of amides is 2. The zero-order valence-electron chi connectivity index (χ0n) is 14.8. The average molecular weight is 447 g/mol. The number of hydrogen-bond donors (Lipinski definition) is 2. The molecule has 8 heteroatoms. The maximum Gasteiger partial charge on any atom is 0.273 e. The standard InChI is InChI=1S/C21H14Cl3N3O2/c22-14-10-9-13(18(24)11-14)12-25-27-21(29)16-6-2-4-8-19(16)26-20(28)15-5-1-3-7-17(15)23/h1-12H,(H,26,28)(H,27,29). The van der Waals surface area contributed by atoms with Crippen LogP contribution in [0, 0.1) is 0 Å². The number of hydrazone groups is 1. The van der Waals surface area contributed by atoms with Crippen LogP contribution in [0.3, 0.4) is 0 Å². The molecule has 0 bridgehead atoms. The molecule has 0 spiro atoms. The van der Waals surface area contributed by atoms with E-state index in [1.165, 1.54) is 6.21 Å². The normalized spacial score (nSPS) is 10.7. The molecule has 0 aliphatic carbocycles. The first-order valence-corrected chi connectivity index (χ1v) is 9.52. The lowest BCUT2D eigenvalue weighted by Gasteiger charge is -2.10. The zero-order chi connectivity index (χ0) is 20.8. The lowest BCUT2D eigenvalue weighted by atomic mass is 10.1. The van der Waals surface area contributed by atoms with E-state index < -0.39 is 11.8 Å². The monoisotopic (exact) mass is 445 g/mol. The van der Waals surface area contributed by atoms with Crippen molar-refractivity contribution in [3.8, 4) is 0 Å². The summed E-state index contributed by atoms with van der Waals surface area (Å²) in [6.45, 7) is 0. The summed E-state index contributed by atoms with van der Waals surface area (Å²) in [5.41, 5.74) is 3.89. The average Bonchev–Trinajstić information content (AvgIpc) is 2.70. The predicted octanol–water partition coefficient (Wildman–Crippen LogP) is 5.66. The summed E-state index contributed by atoms with van der Waals surface area (Å²) in [5, 5.41) is 7.84. The summed E-state index contributed by atoms with van der Waals surface area (Å²) in [6.07, 6.45) is 1.40. The Morgan fingerprint density at radius 2 is 1.48 bits per heavy atom. The second kappa shape index (κ2) is 9.56. The van der Waals surface area contributed by atoms with Gasteiger partial charge >= 0.3 is 0 Å². The van der Waals surface area contributed by atoms with Crippen molar-refractivity contribution in [2.75, 3.05) is 5.32 Å². The fourth-order valence-corrected chi connectivity index (χ4v) is 3.13. The van der Waals surface area contributed by atoms with Crippen LogP contribution in [-0.2, 0) is 0 Å². The molecule has 3 rings (SSSR count). The SMILES string of the molecule is O=C(Nc1ccccc1C(=O)NN=Cc1ccc(Cl)cc1Cl)c1ccccc1Cl. The molecule has 0 aliphatic rings. The van der Waals surface area contributed by atoms with Gasteiger partial charge in [0, 0.05) is 10.6 Å². The molecule has 0 aliphatic heterocycles. The van der Waals surface area contributed by atoms with Crippen molar-refractivity contribution in [1.29, 1.82) is 0 Å². The Morgan fingerprint density at radius 3 is 2.21 bits per heavy atom. The Morgan fingerprint density at radius 1 is 0.793 bits per heavy atom. The van der Waals surface area contributed by atoms with Gasteiger partial charge in [0.25, 0.3) is 11.8 Å². The molecule has 2 amide bonds. The molecule has 0 heterocycles. The Kier molecular flexibility index (Phi) is 6.88. The molecule has 0 unspecified atom stereocenters. The van der Waals surface area contributed by atoms with Crippen LogP contribution in [0.4, 0.5) is 5.69 Å². The second-order valence-corrected chi connectivity index (χ2v) is 7.10. The Bertz CT molecular complexity index is 1100. The van der Waals surface area contributed by atoms with E-state index in [-0.39, 0.29) is 5.56 Å². The van der Waals surface area contributed by atoms with Crippen LogP contribution in [0.1, 0.15) is 26.3 Å². The first-order chi connectivity index (χ1) is 14.0. The van der Waals surface area contributed by atoms with Gasteiger partial charge in [0.1, 0.15) is 0 Å². The lowest BCUT2D eigenvalue weighted by Crippen LogP contribution is -2.21. The number of hydrogen-bond acceptors (Lipinski definition) is 3. The number of rotatable bonds is 5. The van der Waals surface area contributed by atoms with Gasteiger partial charge in [0.2, 0.25) is 0 Å². The van der Waals surface area contributed by atoms with E-state index in [0.29, 0.717) is 31.9 Å². The molecule has 3 aromatic rings. The molecule has 0 saturated carbocycles. The van der Waals surface area contributed by atoms with Crippen molar-refractivity contribution in [3.05, 3.63) is 98.5 Å². The van der Waals surface area contributed by atoms with Gasteiger partial charge in [-0.25, -0.2) is 5.43 Å². The van der Waals surface area contributed by atoms with Crippen LogP contribution in [0.2, 0.25) is 15.1 Å². The predicted molar refractivity (Wildman–Crippen MR) is 117 cm³/mol. The van der Waals surface area contributed by atoms with Crippen molar-refractivity contribution in [2.24, 2.45) is 5.10 Å². The summed E-state index contributed by atoms with van der Waals surface area (Å²) in [6, 6.07) is 18.1. The van der Waals surface area contributed by atoms with E-state index in [4.69, 9.17) is 34.8 Å². The topological polar surface area (TPSA) is 70.6 Å². The van der Waals surface area contributed by atoms with E-state index in [9.17, 15) is 9.59 Å². The molecular formula is C21H14Cl3N3O2. The molecule has 146 valence electrons. The molecule has 2 N–H and O–H groups in total. The summed E-state index contributed by atoms with van der Waals surface area (Å²) < 4.78 is 0. The Labute approximate surface area is 182 Å². The van der Waals surface area contributed by atoms with Gasteiger partial charge in [-0.15, -0.1) is 0 Å². The molecule has 0 fully saturated rings. The minimum atomic E-state index is -0.499. The van der Waals surface area contributed by atoms with Crippen LogP contribution in [0.25, 0.3) is 0 Å². The minimum absolute atomic E-state index is 0.243.